The van der Waals surface area contributed by atoms with E-state index in [0.29, 0.717) is 31.7 Å². The van der Waals surface area contributed by atoms with Crippen LogP contribution < -0.4 is 0 Å². The number of nitriles is 1. The van der Waals surface area contributed by atoms with Gasteiger partial charge >= 0.3 is 0 Å². The summed E-state index contributed by atoms with van der Waals surface area (Å²) in [7, 11) is -1.11. The van der Waals surface area contributed by atoms with Crippen LogP contribution in [0.4, 0.5) is 0 Å². The van der Waals surface area contributed by atoms with Gasteiger partial charge in [-0.1, -0.05) is 24.8 Å². The Bertz CT molecular complexity index is 316. The third kappa shape index (κ3) is 8.45. The molecule has 5 heteroatoms. The van der Waals surface area contributed by atoms with Crippen molar-refractivity contribution in [2.24, 2.45) is 0 Å². The van der Waals surface area contributed by atoms with Gasteiger partial charge in [-0.15, -0.1) is 0 Å². The highest BCUT2D eigenvalue weighted by atomic mass is 31.2. The summed E-state index contributed by atoms with van der Waals surface area (Å²) in [5.41, 5.74) is 0. The van der Waals surface area contributed by atoms with Crippen molar-refractivity contribution in [2.75, 3.05) is 13.2 Å². The van der Waals surface area contributed by atoms with Crippen molar-refractivity contribution < 1.29 is 9.05 Å². The normalized spacial score (nSPS) is 13.3. The molecule has 0 aliphatic heterocycles. The molecule has 1 unspecified atom stereocenters. The molecule has 0 amide bonds. The minimum absolute atomic E-state index is 0.340. The van der Waals surface area contributed by atoms with E-state index in [1.165, 1.54) is 0 Å². The van der Waals surface area contributed by atoms with Crippen LogP contribution in [0.1, 0.15) is 40.5 Å². The average molecular weight is 298 g/mol. The first kappa shape index (κ1) is 19.3. The van der Waals surface area contributed by atoms with Crippen LogP contribution in [0.3, 0.4) is 0 Å². The van der Waals surface area contributed by atoms with Gasteiger partial charge in [0.2, 0.25) is 0 Å². The lowest BCUT2D eigenvalue weighted by atomic mass is 10.3. The van der Waals surface area contributed by atoms with Crippen molar-refractivity contribution >= 4 is 8.53 Å². The molecule has 0 N–H and O–H groups in total. The molecule has 1 atom stereocenters. The van der Waals surface area contributed by atoms with Crippen LogP contribution >= 0.6 is 8.53 Å². The van der Waals surface area contributed by atoms with Crippen LogP contribution in [0.5, 0.6) is 0 Å². The lowest BCUT2D eigenvalue weighted by molar-refractivity contribution is 0.178. The Morgan fingerprint density at radius 1 is 1.20 bits per heavy atom. The summed E-state index contributed by atoms with van der Waals surface area (Å²) in [6.45, 7) is 13.2. The molecule has 0 fully saturated rings. The molecule has 4 nitrogen and oxygen atoms in total. The first-order chi connectivity index (χ1) is 9.54. The van der Waals surface area contributed by atoms with Crippen LogP contribution in [0.2, 0.25) is 0 Å². The molecule has 0 saturated carbocycles. The molecule has 0 aliphatic rings. The van der Waals surface area contributed by atoms with E-state index < -0.39 is 8.53 Å². The van der Waals surface area contributed by atoms with Gasteiger partial charge in [0.25, 0.3) is 8.53 Å². The first-order valence-corrected chi connectivity index (χ1v) is 8.16. The van der Waals surface area contributed by atoms with Crippen LogP contribution in [0.15, 0.2) is 24.8 Å². The van der Waals surface area contributed by atoms with Crippen LogP contribution in [-0.2, 0) is 9.05 Å². The number of rotatable bonds is 11. The van der Waals surface area contributed by atoms with Gasteiger partial charge in [0.05, 0.1) is 25.7 Å². The maximum atomic E-state index is 8.61. The van der Waals surface area contributed by atoms with E-state index in [9.17, 15) is 0 Å². The third-order valence-corrected chi connectivity index (χ3v) is 4.53. The minimum Gasteiger partial charge on any atom is -0.322 e. The predicted molar refractivity (Wildman–Crippen MR) is 85.1 cm³/mol. The Balaban J connectivity index is 4.48. The Morgan fingerprint density at radius 2 is 1.80 bits per heavy atom. The fourth-order valence-corrected chi connectivity index (χ4v) is 3.31. The number of nitrogens with zero attached hydrogens (tertiary/aromatic N) is 2. The minimum atomic E-state index is -1.11. The smallest absolute Gasteiger partial charge is 0.259 e. The Hall–Kier alpha value is -0.720. The zero-order valence-electron chi connectivity index (χ0n) is 13.1. The first-order valence-electron chi connectivity index (χ1n) is 7.03. The van der Waals surface area contributed by atoms with E-state index in [2.05, 4.69) is 45.0 Å². The van der Waals surface area contributed by atoms with Crippen LogP contribution in [0.25, 0.3) is 0 Å². The summed E-state index contributed by atoms with van der Waals surface area (Å²) in [4.78, 5) is 0. The maximum absolute atomic E-state index is 8.61. The third-order valence-electron chi connectivity index (χ3n) is 2.42. The van der Waals surface area contributed by atoms with Crippen LogP contribution in [0, 0.1) is 11.3 Å². The molecule has 0 radical (unpaired) electrons. The van der Waals surface area contributed by atoms with Crippen molar-refractivity contribution in [3.63, 3.8) is 0 Å². The topological polar surface area (TPSA) is 45.5 Å². The number of allylic oxidation sites excluding steroid dienone is 2. The molecule has 0 aromatic carbocycles. The van der Waals surface area contributed by atoms with E-state index in [0.717, 1.165) is 6.42 Å². The summed E-state index contributed by atoms with van der Waals surface area (Å²) >= 11 is 0. The highest BCUT2D eigenvalue weighted by Crippen LogP contribution is 2.45. The van der Waals surface area contributed by atoms with Crippen molar-refractivity contribution in [1.82, 2.24) is 4.67 Å². The maximum Gasteiger partial charge on any atom is 0.259 e. The standard InChI is InChI=1S/C15H27N2O2P/c1-6-7-8-9-12-18-20(19-13-10-11-16)17(14(2)3)15(4)5/h6-8,14-15H,1,9-10,12-13H2,2-5H3/b8-7+. The summed E-state index contributed by atoms with van der Waals surface area (Å²) in [6, 6.07) is 2.77. The second kappa shape index (κ2) is 12.1. The van der Waals surface area contributed by atoms with Gasteiger partial charge < -0.3 is 9.05 Å². The summed E-state index contributed by atoms with van der Waals surface area (Å²) in [5.74, 6) is 0. The molecule has 0 aromatic heterocycles. The molecule has 0 saturated heterocycles. The summed E-state index contributed by atoms with van der Waals surface area (Å²) < 4.78 is 13.9. The predicted octanol–water partition coefficient (Wildman–Crippen LogP) is 4.41. The van der Waals surface area contributed by atoms with Crippen molar-refractivity contribution in [1.29, 1.82) is 5.26 Å². The van der Waals surface area contributed by atoms with E-state index in [4.69, 9.17) is 14.3 Å². The molecule has 20 heavy (non-hydrogen) atoms. The molecular weight excluding hydrogens is 271 g/mol. The zero-order valence-corrected chi connectivity index (χ0v) is 14.0. The van der Waals surface area contributed by atoms with Gasteiger partial charge in [-0.3, -0.25) is 0 Å². The van der Waals surface area contributed by atoms with Crippen molar-refractivity contribution in [2.45, 2.75) is 52.6 Å². The van der Waals surface area contributed by atoms with Gasteiger partial charge in [0, 0.05) is 12.1 Å². The Labute approximate surface area is 125 Å². The monoisotopic (exact) mass is 298 g/mol. The lowest BCUT2D eigenvalue weighted by Crippen LogP contribution is -2.33. The fourth-order valence-electron chi connectivity index (χ4n) is 1.70. The van der Waals surface area contributed by atoms with Crippen molar-refractivity contribution in [3.05, 3.63) is 24.8 Å². The zero-order chi connectivity index (χ0) is 15.4. The lowest BCUT2D eigenvalue weighted by Gasteiger charge is -2.35. The van der Waals surface area contributed by atoms with E-state index in [1.54, 1.807) is 6.08 Å². The second-order valence-corrected chi connectivity index (χ2v) is 6.29. The molecule has 0 heterocycles. The number of hydrogen-bond donors (Lipinski definition) is 0. The largest absolute Gasteiger partial charge is 0.322 e. The Kier molecular flexibility index (Phi) is 11.6. The van der Waals surface area contributed by atoms with Crippen molar-refractivity contribution in [3.8, 4) is 6.07 Å². The fraction of sp³-hybridized carbons (Fsp3) is 0.667. The number of hydrogen-bond acceptors (Lipinski definition) is 4. The molecule has 0 aromatic rings. The van der Waals surface area contributed by atoms with Gasteiger partial charge in [-0.25, -0.2) is 4.67 Å². The molecule has 0 spiro atoms. The highest BCUT2D eigenvalue weighted by molar-refractivity contribution is 7.44. The quantitative estimate of drug-likeness (QED) is 0.322. The average Bonchev–Trinajstić information content (AvgIpc) is 2.37. The summed E-state index contributed by atoms with van der Waals surface area (Å²) in [5, 5.41) is 8.61. The van der Waals surface area contributed by atoms with Gasteiger partial charge in [0.1, 0.15) is 0 Å². The Morgan fingerprint density at radius 3 is 2.30 bits per heavy atom. The SMILES string of the molecule is C=C/C=C/CCOP(OCCC#N)N(C(C)C)C(C)C. The van der Waals surface area contributed by atoms with Gasteiger partial charge in [-0.2, -0.15) is 5.26 Å². The second-order valence-electron chi connectivity index (χ2n) is 4.83. The van der Waals surface area contributed by atoms with E-state index in [-0.39, 0.29) is 0 Å². The van der Waals surface area contributed by atoms with E-state index >= 15 is 0 Å². The van der Waals surface area contributed by atoms with Gasteiger partial charge in [0.15, 0.2) is 0 Å². The summed E-state index contributed by atoms with van der Waals surface area (Å²) in [6.07, 6.45) is 6.90. The van der Waals surface area contributed by atoms with E-state index in [1.807, 2.05) is 12.2 Å². The molecule has 0 aliphatic carbocycles. The molecule has 0 bridgehead atoms. The van der Waals surface area contributed by atoms with Gasteiger partial charge in [-0.05, 0) is 34.1 Å². The molecule has 114 valence electrons. The molecular formula is C15H27N2O2P. The molecule has 0 rings (SSSR count). The highest BCUT2D eigenvalue weighted by Gasteiger charge is 2.26. The van der Waals surface area contributed by atoms with Crippen LogP contribution in [-0.4, -0.2) is 30.0 Å².